The summed E-state index contributed by atoms with van der Waals surface area (Å²) in [6, 6.07) is 16.2. The maximum absolute atomic E-state index is 12.9. The highest BCUT2D eigenvalue weighted by atomic mass is 32.1. The topological polar surface area (TPSA) is 79.2 Å². The Kier molecular flexibility index (Phi) is 6.14. The summed E-state index contributed by atoms with van der Waals surface area (Å²) in [5.74, 6) is 1.11. The lowest BCUT2D eigenvalue weighted by Crippen LogP contribution is -2.46. The number of hydrogen-bond donors (Lipinski definition) is 1. The number of rotatable bonds is 6. The summed E-state index contributed by atoms with van der Waals surface area (Å²) in [6.07, 6.45) is 5.33. The second-order valence-corrected chi connectivity index (χ2v) is 8.94. The molecule has 5 rings (SSSR count). The molecule has 0 spiro atoms. The van der Waals surface area contributed by atoms with Crippen molar-refractivity contribution in [3.05, 3.63) is 83.4 Å². The van der Waals surface area contributed by atoms with Crippen LogP contribution < -0.4 is 10.2 Å². The number of benzene rings is 1. The van der Waals surface area contributed by atoms with E-state index in [1.54, 1.807) is 0 Å². The number of thiazole rings is 1. The van der Waals surface area contributed by atoms with Gasteiger partial charge < -0.3 is 14.8 Å². The van der Waals surface area contributed by atoms with Gasteiger partial charge in [0.2, 0.25) is 0 Å². The van der Waals surface area contributed by atoms with Gasteiger partial charge in [0.15, 0.2) is 5.13 Å². The molecule has 1 fully saturated rings. The minimum atomic E-state index is -0.208. The molecule has 33 heavy (non-hydrogen) atoms. The molecular weight excluding hydrogens is 434 g/mol. The Balaban J connectivity index is 1.22. The third kappa shape index (κ3) is 4.94. The smallest absolute Gasteiger partial charge is 0.268 e. The monoisotopic (exact) mass is 459 g/mol. The summed E-state index contributed by atoms with van der Waals surface area (Å²) in [6.45, 7) is 6.49. The average molecular weight is 460 g/mol. The Bertz CT molecular complexity index is 1210. The first kappa shape index (κ1) is 21.3. The molecule has 1 N–H and O–H groups in total. The summed E-state index contributed by atoms with van der Waals surface area (Å²) in [4.78, 5) is 31.4. The van der Waals surface area contributed by atoms with Crippen molar-refractivity contribution in [1.82, 2.24) is 24.4 Å². The fourth-order valence-electron chi connectivity index (χ4n) is 3.90. The van der Waals surface area contributed by atoms with Gasteiger partial charge in [-0.05, 0) is 24.6 Å². The highest BCUT2D eigenvalue weighted by molar-refractivity contribution is 7.16. The predicted molar refractivity (Wildman–Crippen MR) is 130 cm³/mol. The largest absolute Gasteiger partial charge is 0.354 e. The Labute approximate surface area is 196 Å². The molecule has 0 aliphatic carbocycles. The number of hydrogen-bond acceptors (Lipinski definition) is 7. The number of aryl methyl sites for hydroxylation is 1. The van der Waals surface area contributed by atoms with Crippen molar-refractivity contribution in [2.75, 3.05) is 36.4 Å². The lowest BCUT2D eigenvalue weighted by molar-refractivity contribution is 0.102. The number of anilines is 2. The lowest BCUT2D eigenvalue weighted by Gasteiger charge is -2.35. The molecule has 4 heterocycles. The van der Waals surface area contributed by atoms with E-state index in [0.29, 0.717) is 16.4 Å². The number of amides is 1. The molecule has 1 amide bonds. The molecule has 0 unspecified atom stereocenters. The SMILES string of the molecule is Cc1nc(-n2cccc2)sc1C(=O)Nc1cc(N2CCN(Cc3ccccc3)CC2)ncn1. The molecular formula is C24H25N7OS. The summed E-state index contributed by atoms with van der Waals surface area (Å²) in [5.41, 5.74) is 2.03. The van der Waals surface area contributed by atoms with Crippen molar-refractivity contribution in [2.24, 2.45) is 0 Å². The fraction of sp³-hybridized carbons (Fsp3) is 0.250. The standard InChI is InChI=1S/C24H25N7OS/c1-18-22(33-24(27-18)31-9-5-6-10-31)23(32)28-20-15-21(26-17-25-20)30-13-11-29(12-14-30)16-19-7-3-2-4-8-19/h2-10,15,17H,11-14,16H2,1H3,(H,25,26,28,32). The van der Waals surface area contributed by atoms with Crippen LogP contribution in [0.1, 0.15) is 20.9 Å². The van der Waals surface area contributed by atoms with Gasteiger partial charge in [-0.25, -0.2) is 15.0 Å². The first-order chi connectivity index (χ1) is 16.2. The number of piperazine rings is 1. The molecule has 1 aliphatic heterocycles. The van der Waals surface area contributed by atoms with Gasteiger partial charge in [-0.2, -0.15) is 0 Å². The van der Waals surface area contributed by atoms with E-state index >= 15 is 0 Å². The van der Waals surface area contributed by atoms with Crippen LogP contribution in [0.15, 0.2) is 67.3 Å². The van der Waals surface area contributed by atoms with E-state index in [-0.39, 0.29) is 5.91 Å². The maximum atomic E-state index is 12.9. The number of carbonyl (C=O) groups is 1. The van der Waals surface area contributed by atoms with Crippen LogP contribution in [0.2, 0.25) is 0 Å². The van der Waals surface area contributed by atoms with Crippen LogP contribution in [-0.2, 0) is 6.54 Å². The first-order valence-electron chi connectivity index (χ1n) is 10.9. The highest BCUT2D eigenvalue weighted by Crippen LogP contribution is 2.23. The Morgan fingerprint density at radius 2 is 1.79 bits per heavy atom. The number of aromatic nitrogens is 4. The fourth-order valence-corrected chi connectivity index (χ4v) is 4.83. The summed E-state index contributed by atoms with van der Waals surface area (Å²) in [5, 5.41) is 3.68. The molecule has 8 nitrogen and oxygen atoms in total. The Morgan fingerprint density at radius 1 is 1.03 bits per heavy atom. The molecule has 1 aliphatic rings. The van der Waals surface area contributed by atoms with E-state index in [1.165, 1.54) is 23.2 Å². The third-order valence-corrected chi connectivity index (χ3v) is 6.83. The second-order valence-electron chi connectivity index (χ2n) is 7.97. The second kappa shape index (κ2) is 9.51. The molecule has 4 aromatic rings. The summed E-state index contributed by atoms with van der Waals surface area (Å²) in [7, 11) is 0. The third-order valence-electron chi connectivity index (χ3n) is 5.66. The van der Waals surface area contributed by atoms with E-state index < -0.39 is 0 Å². The van der Waals surface area contributed by atoms with E-state index in [9.17, 15) is 4.79 Å². The zero-order chi connectivity index (χ0) is 22.6. The molecule has 0 atom stereocenters. The minimum absolute atomic E-state index is 0.208. The highest BCUT2D eigenvalue weighted by Gasteiger charge is 2.20. The predicted octanol–water partition coefficient (Wildman–Crippen LogP) is 3.61. The van der Waals surface area contributed by atoms with Crippen molar-refractivity contribution < 1.29 is 4.79 Å². The molecule has 0 bridgehead atoms. The van der Waals surface area contributed by atoms with Crippen LogP contribution in [0, 0.1) is 6.92 Å². The van der Waals surface area contributed by atoms with Gasteiger partial charge in [0, 0.05) is 51.2 Å². The van der Waals surface area contributed by atoms with Crippen LogP contribution in [-0.4, -0.2) is 56.5 Å². The number of nitrogens with zero attached hydrogens (tertiary/aromatic N) is 6. The molecule has 1 aromatic carbocycles. The van der Waals surface area contributed by atoms with E-state index in [0.717, 1.165) is 43.7 Å². The van der Waals surface area contributed by atoms with Gasteiger partial charge in [-0.1, -0.05) is 41.7 Å². The molecule has 1 saturated heterocycles. The van der Waals surface area contributed by atoms with E-state index in [4.69, 9.17) is 0 Å². The molecule has 168 valence electrons. The van der Waals surface area contributed by atoms with Crippen LogP contribution >= 0.6 is 11.3 Å². The zero-order valence-corrected chi connectivity index (χ0v) is 19.2. The van der Waals surface area contributed by atoms with Crippen LogP contribution in [0.5, 0.6) is 0 Å². The van der Waals surface area contributed by atoms with Crippen molar-refractivity contribution >= 4 is 28.9 Å². The quantitative estimate of drug-likeness (QED) is 0.475. The van der Waals surface area contributed by atoms with Gasteiger partial charge in [-0.3, -0.25) is 9.69 Å². The molecule has 9 heteroatoms. The van der Waals surface area contributed by atoms with Crippen LogP contribution in [0.4, 0.5) is 11.6 Å². The molecule has 0 saturated carbocycles. The zero-order valence-electron chi connectivity index (χ0n) is 18.4. The van der Waals surface area contributed by atoms with E-state index in [2.05, 4.69) is 54.3 Å². The Hall–Kier alpha value is -3.56. The van der Waals surface area contributed by atoms with Crippen molar-refractivity contribution in [1.29, 1.82) is 0 Å². The minimum Gasteiger partial charge on any atom is -0.354 e. The van der Waals surface area contributed by atoms with Gasteiger partial charge in [-0.15, -0.1) is 0 Å². The number of carbonyl (C=O) groups excluding carboxylic acids is 1. The van der Waals surface area contributed by atoms with Gasteiger partial charge in [0.1, 0.15) is 22.8 Å². The lowest BCUT2D eigenvalue weighted by atomic mass is 10.2. The van der Waals surface area contributed by atoms with Gasteiger partial charge in [0.05, 0.1) is 5.69 Å². The molecule has 3 aromatic heterocycles. The van der Waals surface area contributed by atoms with E-state index in [1.807, 2.05) is 48.1 Å². The summed E-state index contributed by atoms with van der Waals surface area (Å²) < 4.78 is 1.90. The normalized spacial score (nSPS) is 14.4. The van der Waals surface area contributed by atoms with Gasteiger partial charge in [0.25, 0.3) is 5.91 Å². The first-order valence-corrected chi connectivity index (χ1v) is 11.7. The average Bonchev–Trinajstić information content (AvgIpc) is 3.50. The van der Waals surface area contributed by atoms with Gasteiger partial charge >= 0.3 is 0 Å². The summed E-state index contributed by atoms with van der Waals surface area (Å²) >= 11 is 1.36. The Morgan fingerprint density at radius 3 is 2.55 bits per heavy atom. The van der Waals surface area contributed by atoms with Crippen LogP contribution in [0.25, 0.3) is 5.13 Å². The van der Waals surface area contributed by atoms with Crippen molar-refractivity contribution in [3.8, 4) is 5.13 Å². The number of nitrogens with one attached hydrogen (secondary N) is 1. The van der Waals surface area contributed by atoms with Crippen LogP contribution in [0.3, 0.4) is 0 Å². The maximum Gasteiger partial charge on any atom is 0.268 e. The van der Waals surface area contributed by atoms with Crippen molar-refractivity contribution in [3.63, 3.8) is 0 Å². The molecule has 0 radical (unpaired) electrons. The van der Waals surface area contributed by atoms with Crippen molar-refractivity contribution in [2.45, 2.75) is 13.5 Å².